The van der Waals surface area contributed by atoms with E-state index in [1.54, 1.807) is 0 Å². The summed E-state index contributed by atoms with van der Waals surface area (Å²) in [5.74, 6) is 0.660. The number of hydrogen-bond acceptors (Lipinski definition) is 3. The maximum absolute atomic E-state index is 10.2. The van der Waals surface area contributed by atoms with Crippen LogP contribution in [0.3, 0.4) is 0 Å². The number of aliphatic hydroxyl groups excluding tert-OH is 1. The molecule has 0 amide bonds. The summed E-state index contributed by atoms with van der Waals surface area (Å²) in [4.78, 5) is 0. The Morgan fingerprint density at radius 3 is 2.65 bits per heavy atom. The predicted octanol–water partition coefficient (Wildman–Crippen LogP) is 3.54. The fourth-order valence-electron chi connectivity index (χ4n) is 3.46. The monoisotopic (exact) mass is 284 g/mol. The molecule has 0 radical (unpaired) electrons. The summed E-state index contributed by atoms with van der Waals surface area (Å²) in [7, 11) is 0. The Bertz CT molecular complexity index is 284. The zero-order valence-electron chi connectivity index (χ0n) is 13.4. The topological polar surface area (TPSA) is 38.7 Å². The Kier molecular flexibility index (Phi) is 5.88. The summed E-state index contributed by atoms with van der Waals surface area (Å²) >= 11 is 0. The van der Waals surface area contributed by atoms with Crippen molar-refractivity contribution >= 4 is 0 Å². The molecule has 0 bridgehead atoms. The van der Waals surface area contributed by atoms with Crippen LogP contribution in [0.2, 0.25) is 0 Å². The van der Waals surface area contributed by atoms with Crippen molar-refractivity contribution in [3.05, 3.63) is 0 Å². The lowest BCUT2D eigenvalue weighted by Gasteiger charge is -2.41. The highest BCUT2D eigenvalue weighted by atomic mass is 16.5. The van der Waals surface area contributed by atoms with Gasteiger partial charge in [-0.25, -0.2) is 0 Å². The second-order valence-electron chi connectivity index (χ2n) is 7.28. The van der Waals surface area contributed by atoms with Gasteiger partial charge in [-0.2, -0.15) is 0 Å². The van der Waals surface area contributed by atoms with Crippen LogP contribution in [0, 0.1) is 11.3 Å². The van der Waals surface area contributed by atoms with Crippen LogP contribution in [-0.2, 0) is 9.47 Å². The number of ether oxygens (including phenoxy) is 2. The van der Waals surface area contributed by atoms with Gasteiger partial charge in [0.2, 0.25) is 0 Å². The van der Waals surface area contributed by atoms with Gasteiger partial charge in [-0.1, -0.05) is 27.2 Å². The van der Waals surface area contributed by atoms with Crippen LogP contribution in [0.5, 0.6) is 0 Å². The minimum atomic E-state index is -0.289. The molecule has 1 aliphatic heterocycles. The Balaban J connectivity index is 1.82. The van der Waals surface area contributed by atoms with Crippen LogP contribution in [-0.4, -0.2) is 36.6 Å². The van der Waals surface area contributed by atoms with Gasteiger partial charge in [0.15, 0.2) is 0 Å². The van der Waals surface area contributed by atoms with E-state index < -0.39 is 0 Å². The lowest BCUT2D eigenvalue weighted by Crippen LogP contribution is -2.42. The van der Waals surface area contributed by atoms with Crippen molar-refractivity contribution in [2.24, 2.45) is 11.3 Å². The van der Waals surface area contributed by atoms with Crippen molar-refractivity contribution in [1.82, 2.24) is 0 Å². The van der Waals surface area contributed by atoms with Crippen LogP contribution in [0.15, 0.2) is 0 Å². The van der Waals surface area contributed by atoms with E-state index in [9.17, 15) is 5.11 Å². The maximum atomic E-state index is 10.2. The van der Waals surface area contributed by atoms with Crippen LogP contribution < -0.4 is 0 Å². The summed E-state index contributed by atoms with van der Waals surface area (Å²) < 4.78 is 11.7. The third kappa shape index (κ3) is 4.19. The van der Waals surface area contributed by atoms with Crippen LogP contribution in [0.4, 0.5) is 0 Å². The molecule has 118 valence electrons. The first-order chi connectivity index (χ1) is 9.53. The molecule has 4 atom stereocenters. The number of hydrogen-bond donors (Lipinski definition) is 1. The van der Waals surface area contributed by atoms with E-state index in [-0.39, 0.29) is 18.3 Å². The van der Waals surface area contributed by atoms with Gasteiger partial charge in [-0.15, -0.1) is 0 Å². The largest absolute Gasteiger partial charge is 0.390 e. The van der Waals surface area contributed by atoms with E-state index in [0.717, 1.165) is 32.3 Å². The van der Waals surface area contributed by atoms with Crippen molar-refractivity contribution in [2.45, 2.75) is 84.0 Å². The summed E-state index contributed by atoms with van der Waals surface area (Å²) in [6, 6.07) is 0. The molecule has 1 heterocycles. The van der Waals surface area contributed by atoms with Crippen LogP contribution >= 0.6 is 0 Å². The molecular weight excluding hydrogens is 252 g/mol. The van der Waals surface area contributed by atoms with Gasteiger partial charge in [0.05, 0.1) is 24.9 Å². The van der Waals surface area contributed by atoms with E-state index in [4.69, 9.17) is 9.47 Å². The van der Waals surface area contributed by atoms with Crippen LogP contribution in [0.1, 0.15) is 65.7 Å². The molecule has 20 heavy (non-hydrogen) atoms. The maximum Gasteiger partial charge on any atom is 0.0838 e. The highest BCUT2D eigenvalue weighted by molar-refractivity contribution is 4.87. The second-order valence-corrected chi connectivity index (χ2v) is 7.28. The molecule has 2 rings (SSSR count). The zero-order chi connectivity index (χ0) is 14.6. The normalized spacial score (nSPS) is 36.0. The molecule has 3 heteroatoms. The quantitative estimate of drug-likeness (QED) is 0.839. The van der Waals surface area contributed by atoms with Gasteiger partial charge in [0, 0.05) is 6.61 Å². The van der Waals surface area contributed by atoms with Crippen molar-refractivity contribution in [2.75, 3.05) is 13.2 Å². The van der Waals surface area contributed by atoms with Gasteiger partial charge in [0.1, 0.15) is 0 Å². The SMILES string of the molecule is CCC(C)(C)C1CCC(O)C(OCC2CCCCO2)C1. The average molecular weight is 284 g/mol. The molecule has 0 aromatic carbocycles. The number of aliphatic hydroxyl groups is 1. The summed E-state index contributed by atoms with van der Waals surface area (Å²) in [5, 5.41) is 10.2. The summed E-state index contributed by atoms with van der Waals surface area (Å²) in [5.41, 5.74) is 0.350. The Hall–Kier alpha value is -0.120. The highest BCUT2D eigenvalue weighted by Crippen LogP contribution is 2.41. The zero-order valence-corrected chi connectivity index (χ0v) is 13.4. The first-order valence-corrected chi connectivity index (χ1v) is 8.44. The van der Waals surface area contributed by atoms with E-state index in [1.165, 1.54) is 19.3 Å². The fourth-order valence-corrected chi connectivity index (χ4v) is 3.46. The molecule has 1 saturated heterocycles. The van der Waals surface area contributed by atoms with Gasteiger partial charge >= 0.3 is 0 Å². The molecular formula is C17H32O3. The fraction of sp³-hybridized carbons (Fsp3) is 1.00. The molecule has 4 unspecified atom stereocenters. The third-order valence-corrected chi connectivity index (χ3v) is 5.54. The van der Waals surface area contributed by atoms with E-state index in [0.29, 0.717) is 17.9 Å². The molecule has 2 aliphatic rings. The molecule has 0 spiro atoms. The molecule has 1 N–H and O–H groups in total. The van der Waals surface area contributed by atoms with E-state index in [1.807, 2.05) is 0 Å². The number of rotatable bonds is 5. The first kappa shape index (κ1) is 16.3. The molecule has 0 aromatic rings. The summed E-state index contributed by atoms with van der Waals surface area (Å²) in [6.07, 6.45) is 7.67. The van der Waals surface area contributed by atoms with Gasteiger partial charge in [-0.3, -0.25) is 0 Å². The minimum absolute atomic E-state index is 0.00472. The third-order valence-electron chi connectivity index (χ3n) is 5.54. The van der Waals surface area contributed by atoms with Crippen molar-refractivity contribution in [3.63, 3.8) is 0 Å². The predicted molar refractivity (Wildman–Crippen MR) is 80.8 cm³/mol. The lowest BCUT2D eigenvalue weighted by atomic mass is 9.68. The van der Waals surface area contributed by atoms with Crippen molar-refractivity contribution < 1.29 is 14.6 Å². The second kappa shape index (κ2) is 7.24. The average Bonchev–Trinajstić information content (AvgIpc) is 2.47. The van der Waals surface area contributed by atoms with Crippen LogP contribution in [0.25, 0.3) is 0 Å². The molecule has 1 saturated carbocycles. The highest BCUT2D eigenvalue weighted by Gasteiger charge is 2.37. The van der Waals surface area contributed by atoms with E-state index >= 15 is 0 Å². The van der Waals surface area contributed by atoms with Gasteiger partial charge in [-0.05, 0) is 49.9 Å². The Morgan fingerprint density at radius 2 is 2.00 bits per heavy atom. The van der Waals surface area contributed by atoms with Gasteiger partial charge in [0.25, 0.3) is 0 Å². The molecule has 0 aromatic heterocycles. The Labute approximate surface area is 124 Å². The standard InChI is InChI=1S/C17H32O3/c1-4-17(2,3)13-8-9-15(18)16(11-13)20-12-14-7-5-6-10-19-14/h13-16,18H,4-12H2,1-3H3. The molecule has 3 nitrogen and oxygen atoms in total. The van der Waals surface area contributed by atoms with E-state index in [2.05, 4.69) is 20.8 Å². The van der Waals surface area contributed by atoms with Crippen molar-refractivity contribution in [1.29, 1.82) is 0 Å². The van der Waals surface area contributed by atoms with Crippen molar-refractivity contribution in [3.8, 4) is 0 Å². The first-order valence-electron chi connectivity index (χ1n) is 8.44. The lowest BCUT2D eigenvalue weighted by molar-refractivity contribution is -0.120. The molecule has 1 aliphatic carbocycles. The molecule has 2 fully saturated rings. The summed E-state index contributed by atoms with van der Waals surface area (Å²) in [6.45, 7) is 8.47. The smallest absolute Gasteiger partial charge is 0.0838 e. The van der Waals surface area contributed by atoms with Gasteiger partial charge < -0.3 is 14.6 Å². The minimum Gasteiger partial charge on any atom is -0.390 e. The Morgan fingerprint density at radius 1 is 1.20 bits per heavy atom.